The average molecular weight is 210 g/mol. The Morgan fingerprint density at radius 2 is 2.21 bits per heavy atom. The van der Waals surface area contributed by atoms with Gasteiger partial charge in [0.05, 0.1) is 6.10 Å². The topological polar surface area (TPSA) is 20.2 Å². The monoisotopic (exact) mass is 210 g/mol. The molecule has 1 heterocycles. The van der Waals surface area contributed by atoms with E-state index in [0.717, 1.165) is 12.8 Å². The molecule has 1 saturated carbocycles. The van der Waals surface area contributed by atoms with E-state index in [-0.39, 0.29) is 11.5 Å². The quantitative estimate of drug-likeness (QED) is 0.795. The van der Waals surface area contributed by atoms with E-state index in [2.05, 4.69) is 32.9 Å². The summed E-state index contributed by atoms with van der Waals surface area (Å²) in [5, 5.41) is 9.68. The van der Waals surface area contributed by atoms with Crippen LogP contribution >= 0.6 is 11.3 Å². The molecule has 2 heteroatoms. The predicted molar refractivity (Wildman–Crippen MR) is 60.8 cm³/mol. The summed E-state index contributed by atoms with van der Waals surface area (Å²) in [6.07, 6.45) is 1.96. The molecular weight excluding hydrogens is 192 g/mol. The third-order valence-corrected chi connectivity index (χ3v) is 4.93. The highest BCUT2D eigenvalue weighted by atomic mass is 32.1. The first-order valence-corrected chi connectivity index (χ1v) is 6.14. The molecule has 0 amide bonds. The fraction of sp³-hybridized carbons (Fsp3) is 0.667. The summed E-state index contributed by atoms with van der Waals surface area (Å²) in [4.78, 5) is 2.91. The Morgan fingerprint density at radius 3 is 2.64 bits per heavy atom. The van der Waals surface area contributed by atoms with Gasteiger partial charge in [-0.25, -0.2) is 0 Å². The van der Waals surface area contributed by atoms with Gasteiger partial charge in [-0.2, -0.15) is 0 Å². The highest BCUT2D eigenvalue weighted by molar-refractivity contribution is 7.12. The van der Waals surface area contributed by atoms with Gasteiger partial charge in [-0.1, -0.05) is 20.8 Å². The van der Waals surface area contributed by atoms with Crippen LogP contribution in [0.3, 0.4) is 0 Å². The van der Waals surface area contributed by atoms with Crippen molar-refractivity contribution in [2.45, 2.75) is 45.6 Å². The Labute approximate surface area is 89.8 Å². The molecule has 0 radical (unpaired) electrons. The third kappa shape index (κ3) is 1.41. The lowest BCUT2D eigenvalue weighted by Gasteiger charge is -2.49. The normalized spacial score (nSPS) is 30.0. The van der Waals surface area contributed by atoms with E-state index in [1.807, 2.05) is 11.3 Å². The van der Waals surface area contributed by atoms with Gasteiger partial charge in [0.2, 0.25) is 0 Å². The fourth-order valence-corrected chi connectivity index (χ4v) is 3.42. The molecular formula is C12H18OS. The second-order valence-corrected chi connectivity index (χ2v) is 5.98. The lowest BCUT2D eigenvalue weighted by atomic mass is 9.60. The molecule has 0 spiro atoms. The van der Waals surface area contributed by atoms with Crippen LogP contribution in [0.1, 0.15) is 42.9 Å². The minimum Gasteiger partial charge on any atom is -0.393 e. The number of aliphatic hydroxyl groups excluding tert-OH is 1. The zero-order chi connectivity index (χ0) is 10.3. The highest BCUT2D eigenvalue weighted by Gasteiger charge is 2.48. The van der Waals surface area contributed by atoms with Crippen molar-refractivity contribution in [2.75, 3.05) is 0 Å². The SMILES string of the molecule is CCc1ccc(C2CC(O)C2(C)C)s1. The number of aliphatic hydroxyl groups is 1. The molecule has 1 aliphatic carbocycles. The van der Waals surface area contributed by atoms with Crippen molar-refractivity contribution < 1.29 is 5.11 Å². The van der Waals surface area contributed by atoms with Gasteiger partial charge in [0.1, 0.15) is 0 Å². The Morgan fingerprint density at radius 1 is 1.50 bits per heavy atom. The maximum absolute atomic E-state index is 9.68. The molecule has 0 aromatic carbocycles. The standard InChI is InChI=1S/C12H18OS/c1-4-8-5-6-10(14-8)9-7-11(13)12(9,2)3/h5-6,9,11,13H,4,7H2,1-3H3. The molecule has 1 fully saturated rings. The number of aryl methyl sites for hydroxylation is 1. The minimum atomic E-state index is -0.111. The van der Waals surface area contributed by atoms with Crippen LogP contribution in [0.4, 0.5) is 0 Å². The zero-order valence-corrected chi connectivity index (χ0v) is 9.90. The van der Waals surface area contributed by atoms with Crippen LogP contribution < -0.4 is 0 Å². The van der Waals surface area contributed by atoms with Crippen molar-refractivity contribution in [1.82, 2.24) is 0 Å². The molecule has 0 saturated heterocycles. The van der Waals surface area contributed by atoms with E-state index in [1.165, 1.54) is 9.75 Å². The van der Waals surface area contributed by atoms with Gasteiger partial charge < -0.3 is 5.11 Å². The molecule has 78 valence electrons. The van der Waals surface area contributed by atoms with Gasteiger partial charge in [-0.05, 0) is 30.4 Å². The van der Waals surface area contributed by atoms with Gasteiger partial charge in [-0.15, -0.1) is 11.3 Å². The van der Waals surface area contributed by atoms with Crippen molar-refractivity contribution in [3.63, 3.8) is 0 Å². The minimum absolute atomic E-state index is 0.0792. The molecule has 1 aromatic rings. The summed E-state index contributed by atoms with van der Waals surface area (Å²) in [5.74, 6) is 0.572. The molecule has 1 aromatic heterocycles. The van der Waals surface area contributed by atoms with Crippen molar-refractivity contribution in [3.8, 4) is 0 Å². The average Bonchev–Trinajstić information content (AvgIpc) is 2.61. The molecule has 1 nitrogen and oxygen atoms in total. The van der Waals surface area contributed by atoms with Gasteiger partial charge in [0.15, 0.2) is 0 Å². The Bertz CT molecular complexity index is 327. The maximum atomic E-state index is 9.68. The third-order valence-electron chi connectivity index (χ3n) is 3.59. The van der Waals surface area contributed by atoms with Gasteiger partial charge in [0.25, 0.3) is 0 Å². The van der Waals surface area contributed by atoms with Crippen molar-refractivity contribution in [3.05, 3.63) is 21.9 Å². The second kappa shape index (κ2) is 3.35. The van der Waals surface area contributed by atoms with Crippen LogP contribution in [0.25, 0.3) is 0 Å². The largest absolute Gasteiger partial charge is 0.393 e. The van der Waals surface area contributed by atoms with E-state index >= 15 is 0 Å². The van der Waals surface area contributed by atoms with Gasteiger partial charge >= 0.3 is 0 Å². The molecule has 1 N–H and O–H groups in total. The molecule has 2 unspecified atom stereocenters. The lowest BCUT2D eigenvalue weighted by Crippen LogP contribution is -2.46. The predicted octanol–water partition coefficient (Wildman–Crippen LogP) is 3.18. The van der Waals surface area contributed by atoms with Crippen LogP contribution in [0.2, 0.25) is 0 Å². The number of thiophene rings is 1. The first-order chi connectivity index (χ1) is 6.55. The lowest BCUT2D eigenvalue weighted by molar-refractivity contribution is -0.0613. The molecule has 14 heavy (non-hydrogen) atoms. The Balaban J connectivity index is 2.17. The molecule has 2 rings (SSSR count). The Kier molecular flexibility index (Phi) is 2.44. The summed E-state index contributed by atoms with van der Waals surface area (Å²) in [5.41, 5.74) is 0.0792. The molecule has 1 aliphatic rings. The fourth-order valence-electron chi connectivity index (χ4n) is 2.16. The van der Waals surface area contributed by atoms with Crippen LogP contribution in [-0.2, 0) is 6.42 Å². The summed E-state index contributed by atoms with van der Waals surface area (Å²) in [6.45, 7) is 6.52. The number of rotatable bonds is 2. The van der Waals surface area contributed by atoms with Crippen LogP contribution in [-0.4, -0.2) is 11.2 Å². The zero-order valence-electron chi connectivity index (χ0n) is 9.08. The van der Waals surface area contributed by atoms with Gasteiger partial charge in [0, 0.05) is 15.7 Å². The van der Waals surface area contributed by atoms with Crippen LogP contribution in [0, 0.1) is 5.41 Å². The van der Waals surface area contributed by atoms with Crippen molar-refractivity contribution in [1.29, 1.82) is 0 Å². The van der Waals surface area contributed by atoms with Crippen molar-refractivity contribution >= 4 is 11.3 Å². The van der Waals surface area contributed by atoms with E-state index in [4.69, 9.17) is 0 Å². The van der Waals surface area contributed by atoms with Crippen LogP contribution in [0.15, 0.2) is 12.1 Å². The maximum Gasteiger partial charge on any atom is 0.0603 e. The van der Waals surface area contributed by atoms with Crippen molar-refractivity contribution in [2.24, 2.45) is 5.41 Å². The first-order valence-electron chi connectivity index (χ1n) is 5.32. The summed E-state index contributed by atoms with van der Waals surface area (Å²) >= 11 is 1.91. The Hall–Kier alpha value is -0.340. The summed E-state index contributed by atoms with van der Waals surface area (Å²) in [7, 11) is 0. The highest BCUT2D eigenvalue weighted by Crippen LogP contribution is 2.53. The smallest absolute Gasteiger partial charge is 0.0603 e. The van der Waals surface area contributed by atoms with Crippen LogP contribution in [0.5, 0.6) is 0 Å². The van der Waals surface area contributed by atoms with E-state index in [0.29, 0.717) is 5.92 Å². The van der Waals surface area contributed by atoms with E-state index in [9.17, 15) is 5.11 Å². The first kappa shape index (κ1) is 10.2. The second-order valence-electron chi connectivity index (χ2n) is 4.78. The van der Waals surface area contributed by atoms with Gasteiger partial charge in [-0.3, -0.25) is 0 Å². The molecule has 2 atom stereocenters. The number of hydrogen-bond donors (Lipinski definition) is 1. The van der Waals surface area contributed by atoms with E-state index in [1.54, 1.807) is 0 Å². The summed E-state index contributed by atoms with van der Waals surface area (Å²) in [6, 6.07) is 4.46. The summed E-state index contributed by atoms with van der Waals surface area (Å²) < 4.78 is 0. The molecule has 0 bridgehead atoms. The molecule has 0 aliphatic heterocycles. The number of hydrogen-bond acceptors (Lipinski definition) is 2. The van der Waals surface area contributed by atoms with E-state index < -0.39 is 0 Å².